The first-order valence-corrected chi connectivity index (χ1v) is 8.64. The molecule has 0 bridgehead atoms. The van der Waals surface area contributed by atoms with E-state index in [1.54, 1.807) is 0 Å². The molecule has 0 spiro atoms. The summed E-state index contributed by atoms with van der Waals surface area (Å²) in [6.07, 6.45) is 3.77. The Morgan fingerprint density at radius 2 is 1.81 bits per heavy atom. The van der Waals surface area contributed by atoms with E-state index in [4.69, 9.17) is 5.73 Å². The lowest BCUT2D eigenvalue weighted by molar-refractivity contribution is -0.122. The molecule has 0 heterocycles. The fraction of sp³-hybridized carbons (Fsp3) is 0.941. The molecule has 0 aliphatic heterocycles. The van der Waals surface area contributed by atoms with E-state index in [2.05, 4.69) is 44.8 Å². The van der Waals surface area contributed by atoms with Crippen LogP contribution in [-0.2, 0) is 4.79 Å². The van der Waals surface area contributed by atoms with E-state index in [-0.39, 0.29) is 11.9 Å². The molecule has 1 amide bonds. The number of rotatable bonds is 12. The quantitative estimate of drug-likeness (QED) is 0.582. The van der Waals surface area contributed by atoms with Gasteiger partial charge in [0.05, 0.1) is 0 Å². The van der Waals surface area contributed by atoms with Crippen molar-refractivity contribution in [1.82, 2.24) is 10.2 Å². The van der Waals surface area contributed by atoms with Crippen LogP contribution in [0.4, 0.5) is 0 Å². The molecular formula is C17H37N3O. The zero-order chi connectivity index (χ0) is 16.3. The Kier molecular flexibility index (Phi) is 11.6. The fourth-order valence-corrected chi connectivity index (χ4v) is 2.76. The molecule has 0 fully saturated rings. The van der Waals surface area contributed by atoms with E-state index in [0.29, 0.717) is 24.8 Å². The number of nitrogens with one attached hydrogen (secondary N) is 1. The maximum atomic E-state index is 12.0. The zero-order valence-corrected chi connectivity index (χ0v) is 14.8. The van der Waals surface area contributed by atoms with Gasteiger partial charge < -0.3 is 16.0 Å². The molecule has 0 rings (SSSR count). The Labute approximate surface area is 131 Å². The smallest absolute Gasteiger partial charge is 0.220 e. The predicted molar refractivity (Wildman–Crippen MR) is 91.2 cm³/mol. The van der Waals surface area contributed by atoms with Gasteiger partial charge in [-0.15, -0.1) is 0 Å². The maximum absolute atomic E-state index is 12.0. The minimum absolute atomic E-state index is 0.154. The van der Waals surface area contributed by atoms with Crippen molar-refractivity contribution >= 4 is 5.91 Å². The van der Waals surface area contributed by atoms with Crippen molar-refractivity contribution in [3.05, 3.63) is 0 Å². The van der Waals surface area contributed by atoms with Gasteiger partial charge in [0, 0.05) is 12.5 Å². The van der Waals surface area contributed by atoms with Crippen LogP contribution in [0.1, 0.15) is 60.3 Å². The minimum atomic E-state index is 0.154. The molecule has 0 aromatic rings. The van der Waals surface area contributed by atoms with Gasteiger partial charge in [-0.3, -0.25) is 4.79 Å². The van der Waals surface area contributed by atoms with E-state index in [0.717, 1.165) is 38.9 Å². The summed E-state index contributed by atoms with van der Waals surface area (Å²) in [4.78, 5) is 14.5. The number of nitrogens with zero attached hydrogens (tertiary/aromatic N) is 1. The lowest BCUT2D eigenvalue weighted by Gasteiger charge is -2.21. The number of carbonyl (C=O) groups is 1. The molecule has 3 N–H and O–H groups in total. The highest BCUT2D eigenvalue weighted by atomic mass is 16.1. The minimum Gasteiger partial charge on any atom is -0.354 e. The molecule has 0 radical (unpaired) electrons. The zero-order valence-electron chi connectivity index (χ0n) is 14.8. The average molecular weight is 300 g/mol. The summed E-state index contributed by atoms with van der Waals surface area (Å²) in [7, 11) is 0. The molecular weight excluding hydrogens is 262 g/mol. The van der Waals surface area contributed by atoms with Crippen LogP contribution < -0.4 is 11.1 Å². The Balaban J connectivity index is 3.92. The molecule has 21 heavy (non-hydrogen) atoms. The van der Waals surface area contributed by atoms with Gasteiger partial charge in [0.15, 0.2) is 0 Å². The predicted octanol–water partition coefficient (Wildman–Crippen LogP) is 2.62. The number of hydrogen-bond donors (Lipinski definition) is 2. The summed E-state index contributed by atoms with van der Waals surface area (Å²) in [6.45, 7) is 14.8. The third-order valence-electron chi connectivity index (χ3n) is 4.03. The molecule has 0 aliphatic rings. The van der Waals surface area contributed by atoms with Crippen molar-refractivity contribution in [2.75, 3.05) is 26.2 Å². The van der Waals surface area contributed by atoms with Gasteiger partial charge in [-0.2, -0.15) is 0 Å². The van der Waals surface area contributed by atoms with Crippen LogP contribution in [-0.4, -0.2) is 43.0 Å². The first-order chi connectivity index (χ1) is 9.92. The summed E-state index contributed by atoms with van der Waals surface area (Å²) in [5.74, 6) is 1.06. The van der Waals surface area contributed by atoms with Crippen molar-refractivity contribution < 1.29 is 4.79 Å². The van der Waals surface area contributed by atoms with Crippen molar-refractivity contribution in [3.63, 3.8) is 0 Å². The summed E-state index contributed by atoms with van der Waals surface area (Å²) in [5, 5.41) is 3.11. The van der Waals surface area contributed by atoms with Crippen LogP contribution in [0, 0.1) is 11.8 Å². The SMILES string of the molecule is CCN(CC)CCCC(C)NC(=O)C[C@@H](CN)CC(C)C. The van der Waals surface area contributed by atoms with Crippen LogP contribution in [0.3, 0.4) is 0 Å². The summed E-state index contributed by atoms with van der Waals surface area (Å²) in [6, 6.07) is 0.255. The summed E-state index contributed by atoms with van der Waals surface area (Å²) >= 11 is 0. The molecule has 0 saturated heterocycles. The normalized spacial score (nSPS) is 14.5. The standard InChI is InChI=1S/C17H37N3O/c1-6-20(7-2)10-8-9-15(5)19-17(21)12-16(13-18)11-14(3)4/h14-16H,6-13,18H2,1-5H3,(H,19,21)/t15?,16-/m0/s1. The monoisotopic (exact) mass is 299 g/mol. The van der Waals surface area contributed by atoms with Gasteiger partial charge in [-0.05, 0) is 64.2 Å². The first-order valence-electron chi connectivity index (χ1n) is 8.64. The van der Waals surface area contributed by atoms with E-state index in [1.807, 2.05) is 0 Å². The maximum Gasteiger partial charge on any atom is 0.220 e. The molecule has 0 aromatic carbocycles. The first kappa shape index (κ1) is 20.4. The molecule has 4 nitrogen and oxygen atoms in total. The van der Waals surface area contributed by atoms with E-state index in [1.165, 1.54) is 0 Å². The molecule has 0 aliphatic carbocycles. The second kappa shape index (κ2) is 12.0. The number of carbonyl (C=O) groups excluding carboxylic acids is 1. The van der Waals surface area contributed by atoms with Crippen molar-refractivity contribution in [2.24, 2.45) is 17.6 Å². The van der Waals surface area contributed by atoms with Crippen molar-refractivity contribution in [2.45, 2.75) is 66.3 Å². The summed E-state index contributed by atoms with van der Waals surface area (Å²) < 4.78 is 0. The van der Waals surface area contributed by atoms with Crippen LogP contribution in [0.2, 0.25) is 0 Å². The lowest BCUT2D eigenvalue weighted by atomic mass is 9.94. The topological polar surface area (TPSA) is 58.4 Å². The van der Waals surface area contributed by atoms with Gasteiger partial charge in [-0.25, -0.2) is 0 Å². The van der Waals surface area contributed by atoms with Gasteiger partial charge in [-0.1, -0.05) is 27.7 Å². The highest BCUT2D eigenvalue weighted by Gasteiger charge is 2.15. The van der Waals surface area contributed by atoms with Crippen LogP contribution >= 0.6 is 0 Å². The largest absolute Gasteiger partial charge is 0.354 e. The van der Waals surface area contributed by atoms with Crippen LogP contribution in [0.5, 0.6) is 0 Å². The number of amides is 1. The number of hydrogen-bond acceptors (Lipinski definition) is 3. The van der Waals surface area contributed by atoms with Crippen molar-refractivity contribution in [1.29, 1.82) is 0 Å². The van der Waals surface area contributed by atoms with Crippen LogP contribution in [0.25, 0.3) is 0 Å². The Morgan fingerprint density at radius 1 is 1.19 bits per heavy atom. The second-order valence-electron chi connectivity index (χ2n) is 6.57. The Hall–Kier alpha value is -0.610. The molecule has 0 saturated carbocycles. The lowest BCUT2D eigenvalue weighted by Crippen LogP contribution is -2.35. The highest BCUT2D eigenvalue weighted by Crippen LogP contribution is 2.14. The van der Waals surface area contributed by atoms with Gasteiger partial charge in [0.1, 0.15) is 0 Å². The van der Waals surface area contributed by atoms with E-state index >= 15 is 0 Å². The summed E-state index contributed by atoms with van der Waals surface area (Å²) in [5.41, 5.74) is 5.76. The van der Waals surface area contributed by atoms with Gasteiger partial charge >= 0.3 is 0 Å². The molecule has 0 aromatic heterocycles. The molecule has 126 valence electrons. The van der Waals surface area contributed by atoms with Gasteiger partial charge in [0.25, 0.3) is 0 Å². The Morgan fingerprint density at radius 3 is 2.29 bits per heavy atom. The Bertz CT molecular complexity index is 265. The van der Waals surface area contributed by atoms with Crippen LogP contribution in [0.15, 0.2) is 0 Å². The fourth-order valence-electron chi connectivity index (χ4n) is 2.76. The highest BCUT2D eigenvalue weighted by molar-refractivity contribution is 5.76. The number of nitrogens with two attached hydrogens (primary N) is 1. The molecule has 1 unspecified atom stereocenters. The van der Waals surface area contributed by atoms with E-state index < -0.39 is 0 Å². The third kappa shape index (κ3) is 10.7. The third-order valence-corrected chi connectivity index (χ3v) is 4.03. The molecule has 4 heteroatoms. The van der Waals surface area contributed by atoms with Gasteiger partial charge in [0.2, 0.25) is 5.91 Å². The molecule has 2 atom stereocenters. The van der Waals surface area contributed by atoms with E-state index in [9.17, 15) is 4.79 Å². The second-order valence-corrected chi connectivity index (χ2v) is 6.57. The van der Waals surface area contributed by atoms with Crippen molar-refractivity contribution in [3.8, 4) is 0 Å². The average Bonchev–Trinajstić information content (AvgIpc) is 2.42.